The molecule has 1 fully saturated rings. The van der Waals surface area contributed by atoms with Gasteiger partial charge in [-0.15, -0.1) is 0 Å². The number of allylic oxidation sites excluding steroid dienone is 1. The second kappa shape index (κ2) is 8.91. The maximum absolute atomic E-state index is 12.9. The fraction of sp³-hybridized carbons (Fsp3) is 0.565. The van der Waals surface area contributed by atoms with Crippen molar-refractivity contribution in [1.29, 1.82) is 0 Å². The minimum Gasteiger partial charge on any atom is -0.481 e. The third kappa shape index (κ3) is 5.44. The van der Waals surface area contributed by atoms with Crippen molar-refractivity contribution in [2.75, 3.05) is 26.7 Å². The molecule has 0 spiro atoms. The van der Waals surface area contributed by atoms with E-state index in [-0.39, 0.29) is 23.5 Å². The number of carbonyl (C=O) groups excluding carboxylic acids is 2. The lowest BCUT2D eigenvalue weighted by Crippen LogP contribution is -2.50. The number of amides is 1. The average molecular weight is 385 g/mol. The summed E-state index contributed by atoms with van der Waals surface area (Å²) in [4.78, 5) is 29.1. The number of hydrogen-bond donors (Lipinski definition) is 0. The quantitative estimate of drug-likeness (QED) is 0.756. The Kier molecular flexibility index (Phi) is 6.55. The first-order chi connectivity index (χ1) is 13.3. The summed E-state index contributed by atoms with van der Waals surface area (Å²) in [5, 5.41) is 0. The average Bonchev–Trinajstić information content (AvgIpc) is 2.66. The number of ketones is 1. The summed E-state index contributed by atoms with van der Waals surface area (Å²) in [6.45, 7) is 6.69. The van der Waals surface area contributed by atoms with Gasteiger partial charge in [-0.25, -0.2) is 0 Å². The van der Waals surface area contributed by atoms with Crippen molar-refractivity contribution < 1.29 is 14.3 Å². The van der Waals surface area contributed by atoms with E-state index in [1.165, 1.54) is 11.6 Å². The van der Waals surface area contributed by atoms with E-state index in [9.17, 15) is 9.59 Å². The van der Waals surface area contributed by atoms with Crippen LogP contribution in [0.5, 0.6) is 0 Å². The highest BCUT2D eigenvalue weighted by atomic mass is 16.5. The van der Waals surface area contributed by atoms with Gasteiger partial charge in [0.2, 0.25) is 0 Å². The molecular weight excluding hydrogens is 352 g/mol. The fourth-order valence-corrected chi connectivity index (χ4v) is 4.13. The molecule has 1 saturated heterocycles. The molecule has 0 radical (unpaired) electrons. The third-order valence-electron chi connectivity index (χ3n) is 5.62. The molecule has 5 heteroatoms. The summed E-state index contributed by atoms with van der Waals surface area (Å²) in [7, 11) is 1.83. The number of benzene rings is 1. The first-order valence-corrected chi connectivity index (χ1v) is 10.3. The molecule has 0 N–H and O–H groups in total. The van der Waals surface area contributed by atoms with E-state index < -0.39 is 5.60 Å². The predicted octanol–water partition coefficient (Wildman–Crippen LogP) is 3.19. The topological polar surface area (TPSA) is 49.9 Å². The Balaban J connectivity index is 1.53. The number of carbonyl (C=O) groups is 2. The Morgan fingerprint density at radius 1 is 1.29 bits per heavy atom. The predicted molar refractivity (Wildman–Crippen MR) is 110 cm³/mol. The van der Waals surface area contributed by atoms with Crippen molar-refractivity contribution in [3.63, 3.8) is 0 Å². The summed E-state index contributed by atoms with van der Waals surface area (Å²) in [6.07, 6.45) is 5.94. The van der Waals surface area contributed by atoms with Crippen molar-refractivity contribution in [3.05, 3.63) is 47.7 Å². The van der Waals surface area contributed by atoms with E-state index in [1.54, 1.807) is 4.90 Å². The molecule has 5 nitrogen and oxygen atoms in total. The fourth-order valence-electron chi connectivity index (χ4n) is 4.13. The molecule has 1 aromatic rings. The van der Waals surface area contributed by atoms with Crippen LogP contribution in [0.25, 0.3) is 0 Å². The summed E-state index contributed by atoms with van der Waals surface area (Å²) in [5.74, 6) is -0.0404. The van der Waals surface area contributed by atoms with Crippen molar-refractivity contribution in [2.45, 2.75) is 57.6 Å². The van der Waals surface area contributed by atoms with Gasteiger partial charge in [0, 0.05) is 32.1 Å². The Hall–Kier alpha value is -2.14. The van der Waals surface area contributed by atoms with Gasteiger partial charge in [-0.3, -0.25) is 9.59 Å². The van der Waals surface area contributed by atoms with Crippen molar-refractivity contribution in [1.82, 2.24) is 9.80 Å². The zero-order valence-corrected chi connectivity index (χ0v) is 17.3. The summed E-state index contributed by atoms with van der Waals surface area (Å²) in [6, 6.07) is 10.7. The van der Waals surface area contributed by atoms with E-state index in [0.717, 1.165) is 45.3 Å². The molecule has 2 aliphatic rings. The maximum atomic E-state index is 12.9. The van der Waals surface area contributed by atoms with Gasteiger partial charge in [-0.05, 0) is 58.2 Å². The molecule has 0 saturated carbocycles. The van der Waals surface area contributed by atoms with Crippen molar-refractivity contribution in [3.8, 4) is 0 Å². The Labute approximate surface area is 168 Å². The first-order valence-electron chi connectivity index (χ1n) is 10.3. The van der Waals surface area contributed by atoms with Crippen LogP contribution >= 0.6 is 0 Å². The Morgan fingerprint density at radius 3 is 2.75 bits per heavy atom. The van der Waals surface area contributed by atoms with E-state index in [2.05, 4.69) is 29.2 Å². The van der Waals surface area contributed by atoms with Crippen LogP contribution in [0.2, 0.25) is 0 Å². The second-order valence-corrected chi connectivity index (χ2v) is 8.62. The van der Waals surface area contributed by atoms with Gasteiger partial charge in [-0.1, -0.05) is 30.3 Å². The highest BCUT2D eigenvalue weighted by Gasteiger charge is 2.35. The third-order valence-corrected chi connectivity index (χ3v) is 5.62. The standard InChI is InChI=1S/C23H32N2O3/c1-23(2)16-20(26)15-21(28-23)22(27)24(3)19-12-8-14-25(17-19)13-7-11-18-9-5-4-6-10-18/h4-6,9-10,15,19H,7-8,11-14,16-17H2,1-3H3/t19-/m1/s1. The molecule has 2 heterocycles. The summed E-state index contributed by atoms with van der Waals surface area (Å²) in [5.41, 5.74) is 0.755. The summed E-state index contributed by atoms with van der Waals surface area (Å²) < 4.78 is 5.79. The Bertz CT molecular complexity index is 727. The number of hydrogen-bond acceptors (Lipinski definition) is 4. The van der Waals surface area contributed by atoms with Gasteiger partial charge in [-0.2, -0.15) is 0 Å². The monoisotopic (exact) mass is 384 g/mol. The van der Waals surface area contributed by atoms with Crippen LogP contribution in [0.15, 0.2) is 42.2 Å². The smallest absolute Gasteiger partial charge is 0.289 e. The van der Waals surface area contributed by atoms with Gasteiger partial charge in [0.05, 0.1) is 0 Å². The lowest BCUT2D eigenvalue weighted by molar-refractivity contribution is -0.139. The number of likely N-dealkylation sites (tertiary alicyclic amines) is 1. The minimum absolute atomic E-state index is 0.0424. The van der Waals surface area contributed by atoms with Gasteiger partial charge >= 0.3 is 0 Å². The number of aryl methyl sites for hydroxylation is 1. The Morgan fingerprint density at radius 2 is 2.04 bits per heavy atom. The van der Waals surface area contributed by atoms with Crippen LogP contribution in [-0.2, 0) is 20.7 Å². The van der Waals surface area contributed by atoms with Crippen LogP contribution in [0.3, 0.4) is 0 Å². The normalized spacial score (nSPS) is 22.3. The van der Waals surface area contributed by atoms with Crippen LogP contribution in [-0.4, -0.2) is 59.8 Å². The number of piperidine rings is 1. The van der Waals surface area contributed by atoms with Crippen molar-refractivity contribution in [2.24, 2.45) is 0 Å². The summed E-state index contributed by atoms with van der Waals surface area (Å²) >= 11 is 0. The number of ether oxygens (including phenoxy) is 1. The zero-order valence-electron chi connectivity index (χ0n) is 17.3. The molecule has 3 rings (SSSR count). The molecule has 1 amide bonds. The SMILES string of the molecule is CN(C(=O)C1=CC(=O)CC(C)(C)O1)[C@@H]1CCCN(CCCc2ccccc2)C1. The molecule has 1 atom stereocenters. The van der Waals surface area contributed by atoms with Crippen LogP contribution < -0.4 is 0 Å². The molecule has 28 heavy (non-hydrogen) atoms. The second-order valence-electron chi connectivity index (χ2n) is 8.62. The zero-order chi connectivity index (χ0) is 20.1. The molecule has 0 aromatic heterocycles. The van der Waals surface area contributed by atoms with Gasteiger partial charge in [0.1, 0.15) is 5.60 Å². The lowest BCUT2D eigenvalue weighted by Gasteiger charge is -2.39. The molecule has 0 unspecified atom stereocenters. The minimum atomic E-state index is -0.617. The van der Waals surface area contributed by atoms with Crippen LogP contribution in [0, 0.1) is 0 Å². The highest BCUT2D eigenvalue weighted by molar-refractivity contribution is 6.01. The molecule has 2 aliphatic heterocycles. The number of rotatable bonds is 6. The van der Waals surface area contributed by atoms with E-state index in [1.807, 2.05) is 27.0 Å². The van der Waals surface area contributed by atoms with Gasteiger partial charge < -0.3 is 14.5 Å². The van der Waals surface area contributed by atoms with Crippen LogP contribution in [0.4, 0.5) is 0 Å². The maximum Gasteiger partial charge on any atom is 0.289 e. The van der Waals surface area contributed by atoms with Crippen LogP contribution in [0.1, 0.15) is 45.1 Å². The van der Waals surface area contributed by atoms with E-state index in [4.69, 9.17) is 4.74 Å². The van der Waals surface area contributed by atoms with E-state index >= 15 is 0 Å². The first kappa shape index (κ1) is 20.6. The molecule has 1 aromatic carbocycles. The van der Waals surface area contributed by atoms with Gasteiger partial charge in [0.25, 0.3) is 5.91 Å². The van der Waals surface area contributed by atoms with Gasteiger partial charge in [0.15, 0.2) is 11.5 Å². The number of likely N-dealkylation sites (N-methyl/N-ethyl adjacent to an activating group) is 1. The van der Waals surface area contributed by atoms with Crippen molar-refractivity contribution >= 4 is 11.7 Å². The molecular formula is C23H32N2O3. The molecule has 152 valence electrons. The lowest BCUT2D eigenvalue weighted by atomic mass is 9.98. The largest absolute Gasteiger partial charge is 0.481 e. The molecule has 0 bridgehead atoms. The highest BCUT2D eigenvalue weighted by Crippen LogP contribution is 2.26. The molecule has 0 aliphatic carbocycles. The van der Waals surface area contributed by atoms with E-state index in [0.29, 0.717) is 6.42 Å². The number of nitrogens with zero attached hydrogens (tertiary/aromatic N) is 2.